The summed E-state index contributed by atoms with van der Waals surface area (Å²) in [7, 11) is 0. The van der Waals surface area contributed by atoms with E-state index in [1.165, 1.54) is 16.3 Å². The summed E-state index contributed by atoms with van der Waals surface area (Å²) in [5.41, 5.74) is 0.338. The van der Waals surface area contributed by atoms with Gasteiger partial charge in [0.05, 0.1) is 24.8 Å². The zero-order chi connectivity index (χ0) is 20.3. The molecule has 1 fully saturated rings. The standard InChI is InChI=1S/C23H29N3O2/c1-16(2)23(4,15-24)25-22(27)17(3)26-12-20(13-26)28-14-19-10-7-9-18-8-5-6-11-21(18)19/h5-11,16-17,20H,12-14H2,1-4H3,(H,25,27)/t17-,23+/m0/s1. The van der Waals surface area contributed by atoms with Crippen molar-refractivity contribution < 1.29 is 9.53 Å². The van der Waals surface area contributed by atoms with Gasteiger partial charge in [0.1, 0.15) is 5.54 Å². The highest BCUT2D eigenvalue weighted by Crippen LogP contribution is 2.23. The molecule has 0 saturated carbocycles. The molecule has 1 aliphatic heterocycles. The van der Waals surface area contributed by atoms with Crippen LogP contribution in [-0.4, -0.2) is 41.6 Å². The summed E-state index contributed by atoms with van der Waals surface area (Å²) in [5, 5.41) is 14.7. The number of fused-ring (bicyclic) bond motifs is 1. The molecule has 5 nitrogen and oxygen atoms in total. The maximum atomic E-state index is 12.5. The van der Waals surface area contributed by atoms with Crippen molar-refractivity contribution in [3.63, 3.8) is 0 Å². The number of amides is 1. The van der Waals surface area contributed by atoms with Gasteiger partial charge in [-0.3, -0.25) is 9.69 Å². The molecule has 0 aliphatic carbocycles. The Hall–Kier alpha value is -2.42. The number of nitriles is 1. The zero-order valence-corrected chi connectivity index (χ0v) is 17.1. The van der Waals surface area contributed by atoms with Crippen LogP contribution >= 0.6 is 0 Å². The highest BCUT2D eigenvalue weighted by Gasteiger charge is 2.37. The largest absolute Gasteiger partial charge is 0.371 e. The highest BCUT2D eigenvalue weighted by atomic mass is 16.5. The van der Waals surface area contributed by atoms with Crippen molar-refractivity contribution in [1.29, 1.82) is 5.26 Å². The van der Waals surface area contributed by atoms with Gasteiger partial charge < -0.3 is 10.1 Å². The third-order valence-electron chi connectivity index (χ3n) is 5.93. The summed E-state index contributed by atoms with van der Waals surface area (Å²) < 4.78 is 6.07. The quantitative estimate of drug-likeness (QED) is 0.800. The van der Waals surface area contributed by atoms with Crippen molar-refractivity contribution in [2.24, 2.45) is 5.92 Å². The van der Waals surface area contributed by atoms with E-state index in [4.69, 9.17) is 4.74 Å². The minimum Gasteiger partial charge on any atom is -0.371 e. The average molecular weight is 380 g/mol. The second-order valence-electron chi connectivity index (χ2n) is 8.16. The van der Waals surface area contributed by atoms with Crippen LogP contribution in [-0.2, 0) is 16.1 Å². The molecular formula is C23H29N3O2. The van der Waals surface area contributed by atoms with Gasteiger partial charge >= 0.3 is 0 Å². The number of hydrogen-bond donors (Lipinski definition) is 1. The smallest absolute Gasteiger partial charge is 0.238 e. The Bertz CT molecular complexity index is 878. The van der Waals surface area contributed by atoms with Crippen molar-refractivity contribution >= 4 is 16.7 Å². The number of nitrogens with zero attached hydrogens (tertiary/aromatic N) is 2. The van der Waals surface area contributed by atoms with Crippen molar-refractivity contribution in [2.45, 2.75) is 52.0 Å². The van der Waals surface area contributed by atoms with Gasteiger partial charge in [0.2, 0.25) is 5.91 Å². The number of nitrogens with one attached hydrogen (secondary N) is 1. The fraction of sp³-hybridized carbons (Fsp3) is 0.478. The van der Waals surface area contributed by atoms with Crippen LogP contribution in [0.2, 0.25) is 0 Å². The Morgan fingerprint density at radius 2 is 1.93 bits per heavy atom. The first kappa shape index (κ1) is 20.3. The average Bonchev–Trinajstić information content (AvgIpc) is 2.66. The predicted octanol–water partition coefficient (Wildman–Crippen LogP) is 3.48. The number of hydrogen-bond acceptors (Lipinski definition) is 4. The van der Waals surface area contributed by atoms with Gasteiger partial charge in [0.15, 0.2) is 0 Å². The van der Waals surface area contributed by atoms with Crippen molar-refractivity contribution in [1.82, 2.24) is 10.2 Å². The third kappa shape index (κ3) is 4.19. The first-order valence-corrected chi connectivity index (χ1v) is 9.89. The molecule has 1 heterocycles. The number of ether oxygens (including phenoxy) is 1. The fourth-order valence-electron chi connectivity index (χ4n) is 3.34. The SMILES string of the molecule is CC(C)[C@@](C)(C#N)NC(=O)[C@H](C)N1CC(OCc2cccc3ccccc23)C1. The van der Waals surface area contributed by atoms with Crippen LogP contribution in [0.4, 0.5) is 0 Å². The molecule has 1 aliphatic rings. The van der Waals surface area contributed by atoms with Crippen molar-refractivity contribution in [2.75, 3.05) is 13.1 Å². The molecule has 0 bridgehead atoms. The van der Waals surface area contributed by atoms with Gasteiger partial charge in [-0.25, -0.2) is 0 Å². The van der Waals surface area contributed by atoms with Gasteiger partial charge in [0, 0.05) is 13.1 Å². The van der Waals surface area contributed by atoms with E-state index in [-0.39, 0.29) is 24.0 Å². The van der Waals surface area contributed by atoms with E-state index in [0.717, 1.165) is 13.1 Å². The molecule has 148 valence electrons. The van der Waals surface area contributed by atoms with Crippen LogP contribution in [0, 0.1) is 17.2 Å². The summed E-state index contributed by atoms with van der Waals surface area (Å²) in [6, 6.07) is 16.5. The van der Waals surface area contributed by atoms with Crippen LogP contribution < -0.4 is 5.32 Å². The van der Waals surface area contributed by atoms with Gasteiger partial charge in [0.25, 0.3) is 0 Å². The maximum Gasteiger partial charge on any atom is 0.238 e. The highest BCUT2D eigenvalue weighted by molar-refractivity contribution is 5.85. The van der Waals surface area contributed by atoms with E-state index in [9.17, 15) is 10.1 Å². The Morgan fingerprint density at radius 1 is 1.25 bits per heavy atom. The Balaban J connectivity index is 1.50. The van der Waals surface area contributed by atoms with Crippen LogP contribution in [0.15, 0.2) is 42.5 Å². The molecule has 0 aromatic heterocycles. The normalized spacial score (nSPS) is 18.3. The minimum absolute atomic E-state index is 0.0433. The number of benzene rings is 2. The van der Waals surface area contributed by atoms with Gasteiger partial charge in [-0.2, -0.15) is 5.26 Å². The summed E-state index contributed by atoms with van der Waals surface area (Å²) in [6.45, 7) is 9.56. The summed E-state index contributed by atoms with van der Waals surface area (Å²) in [4.78, 5) is 14.6. The molecule has 2 aromatic carbocycles. The van der Waals surface area contributed by atoms with Gasteiger partial charge in [-0.1, -0.05) is 56.3 Å². The van der Waals surface area contributed by atoms with E-state index < -0.39 is 5.54 Å². The Morgan fingerprint density at radius 3 is 2.61 bits per heavy atom. The van der Waals surface area contributed by atoms with E-state index in [1.54, 1.807) is 6.92 Å². The second kappa shape index (κ2) is 8.30. The van der Waals surface area contributed by atoms with Crippen molar-refractivity contribution in [3.05, 3.63) is 48.0 Å². The van der Waals surface area contributed by atoms with Crippen LogP contribution in [0.25, 0.3) is 10.8 Å². The summed E-state index contributed by atoms with van der Waals surface area (Å²) >= 11 is 0. The molecule has 28 heavy (non-hydrogen) atoms. The van der Waals surface area contributed by atoms with Crippen molar-refractivity contribution in [3.8, 4) is 6.07 Å². The monoisotopic (exact) mass is 379 g/mol. The molecule has 0 unspecified atom stereocenters. The molecule has 3 rings (SSSR count). The van der Waals surface area contributed by atoms with Gasteiger partial charge in [-0.15, -0.1) is 0 Å². The second-order valence-corrected chi connectivity index (χ2v) is 8.16. The first-order valence-electron chi connectivity index (χ1n) is 9.89. The Kier molecular flexibility index (Phi) is 6.02. The zero-order valence-electron chi connectivity index (χ0n) is 17.1. The molecule has 2 atom stereocenters. The lowest BCUT2D eigenvalue weighted by Crippen LogP contribution is -2.62. The number of rotatable bonds is 7. The van der Waals surface area contributed by atoms with Crippen LogP contribution in [0.3, 0.4) is 0 Å². The van der Waals surface area contributed by atoms with E-state index in [1.807, 2.05) is 32.9 Å². The lowest BCUT2D eigenvalue weighted by atomic mass is 9.89. The molecule has 0 radical (unpaired) electrons. The Labute approximate surface area is 167 Å². The topological polar surface area (TPSA) is 65.4 Å². The molecule has 0 spiro atoms. The van der Waals surface area contributed by atoms with E-state index >= 15 is 0 Å². The lowest BCUT2D eigenvalue weighted by molar-refractivity contribution is -0.135. The third-order valence-corrected chi connectivity index (χ3v) is 5.93. The molecule has 1 N–H and O–H groups in total. The van der Waals surface area contributed by atoms with Crippen LogP contribution in [0.1, 0.15) is 33.3 Å². The summed E-state index contributed by atoms with van der Waals surface area (Å²) in [6.07, 6.45) is 0.127. The first-order chi connectivity index (χ1) is 13.3. The minimum atomic E-state index is -0.847. The lowest BCUT2D eigenvalue weighted by Gasteiger charge is -2.43. The van der Waals surface area contributed by atoms with Gasteiger partial charge in [-0.05, 0) is 36.1 Å². The number of likely N-dealkylation sites (tertiary alicyclic amines) is 1. The van der Waals surface area contributed by atoms with E-state index in [0.29, 0.717) is 6.61 Å². The number of carbonyl (C=O) groups excluding carboxylic acids is 1. The number of carbonyl (C=O) groups is 1. The maximum absolute atomic E-state index is 12.5. The molecule has 1 amide bonds. The van der Waals surface area contributed by atoms with Crippen LogP contribution in [0.5, 0.6) is 0 Å². The van der Waals surface area contributed by atoms with E-state index in [2.05, 4.69) is 46.6 Å². The molecule has 2 aromatic rings. The molecular weight excluding hydrogens is 350 g/mol. The summed E-state index contributed by atoms with van der Waals surface area (Å²) in [5.74, 6) is -0.0629. The fourth-order valence-corrected chi connectivity index (χ4v) is 3.34. The predicted molar refractivity (Wildman–Crippen MR) is 111 cm³/mol. The molecule has 5 heteroatoms. The molecule has 1 saturated heterocycles.